The third kappa shape index (κ3) is 30.6. The molecule has 0 unspecified atom stereocenters. The molecular weight excluding hydrogens is 729 g/mol. The molecule has 2 rings (SSSR count). The van der Waals surface area contributed by atoms with Crippen molar-refractivity contribution in [2.75, 3.05) is 26.3 Å². The summed E-state index contributed by atoms with van der Waals surface area (Å²) in [6.07, 6.45) is 47.6. The molecule has 2 aromatic carbocycles. The molecule has 0 atom stereocenters. The lowest BCUT2D eigenvalue weighted by Crippen LogP contribution is -1.98. The Bertz CT molecular complexity index is 1200. The Morgan fingerprint density at radius 1 is 0.373 bits per heavy atom. The van der Waals surface area contributed by atoms with Crippen molar-refractivity contribution in [1.29, 1.82) is 0 Å². The van der Waals surface area contributed by atoms with Crippen LogP contribution in [0.15, 0.2) is 46.4 Å². The maximum Gasteiger partial charge on any atom is 0.128 e. The first-order chi connectivity index (χ1) is 29.1. The fourth-order valence-corrected chi connectivity index (χ4v) is 7.70. The van der Waals surface area contributed by atoms with Gasteiger partial charge >= 0.3 is 0 Å². The summed E-state index contributed by atoms with van der Waals surface area (Å²) in [6, 6.07) is 10.9. The van der Waals surface area contributed by atoms with Gasteiger partial charge in [0.2, 0.25) is 0 Å². The van der Waals surface area contributed by atoms with Gasteiger partial charge in [-0.1, -0.05) is 206 Å². The summed E-state index contributed by atoms with van der Waals surface area (Å²) in [5.74, 6) is 1.77. The lowest BCUT2D eigenvalue weighted by atomic mass is 10.0. The number of phenolic OH excluding ortho intramolecular Hbond substituents is 2. The smallest absolute Gasteiger partial charge is 0.128 e. The van der Waals surface area contributed by atoms with Gasteiger partial charge in [0, 0.05) is 48.8 Å². The van der Waals surface area contributed by atoms with Gasteiger partial charge in [0.15, 0.2) is 0 Å². The lowest BCUT2D eigenvalue weighted by Gasteiger charge is -2.08. The Balaban J connectivity index is 1.42. The van der Waals surface area contributed by atoms with Crippen LogP contribution in [-0.4, -0.2) is 48.9 Å². The average molecular weight is 819 g/mol. The molecule has 0 amide bonds. The summed E-state index contributed by atoms with van der Waals surface area (Å²) >= 11 is 0. The number of nitrogens with zero attached hydrogens (tertiary/aromatic N) is 2. The molecule has 0 saturated heterocycles. The highest BCUT2D eigenvalue weighted by atomic mass is 16.5. The largest absolute Gasteiger partial charge is 0.507 e. The quantitative estimate of drug-likeness (QED) is 0.0516. The minimum absolute atomic E-state index is 0.184. The fraction of sp³-hybridized carbons (Fsp3) is 0.736. The first-order valence-electron chi connectivity index (χ1n) is 25.0. The van der Waals surface area contributed by atoms with Gasteiger partial charge < -0.3 is 19.7 Å². The number of benzene rings is 2. The average Bonchev–Trinajstić information content (AvgIpc) is 3.24. The van der Waals surface area contributed by atoms with E-state index in [0.717, 1.165) is 19.3 Å². The second-order valence-electron chi connectivity index (χ2n) is 17.2. The summed E-state index contributed by atoms with van der Waals surface area (Å²) in [5.41, 5.74) is 1.37. The van der Waals surface area contributed by atoms with Crippen molar-refractivity contribution in [3.8, 4) is 23.0 Å². The third-order valence-corrected chi connectivity index (χ3v) is 11.6. The van der Waals surface area contributed by atoms with Crippen molar-refractivity contribution < 1.29 is 19.7 Å². The van der Waals surface area contributed by atoms with E-state index < -0.39 is 0 Å². The van der Waals surface area contributed by atoms with Gasteiger partial charge in [-0.15, -0.1) is 0 Å². The van der Waals surface area contributed by atoms with E-state index in [-0.39, 0.29) is 11.5 Å². The number of ether oxygens (including phenoxy) is 2. The zero-order valence-electron chi connectivity index (χ0n) is 38.4. The Kier molecular flexibility index (Phi) is 34.6. The maximum atomic E-state index is 10.5. The van der Waals surface area contributed by atoms with Crippen molar-refractivity contribution in [3.05, 3.63) is 47.5 Å². The minimum Gasteiger partial charge on any atom is -0.507 e. The van der Waals surface area contributed by atoms with Gasteiger partial charge in [0.1, 0.15) is 23.0 Å². The van der Waals surface area contributed by atoms with Gasteiger partial charge in [-0.05, 0) is 43.5 Å². The Morgan fingerprint density at radius 2 is 0.644 bits per heavy atom. The molecule has 0 bridgehead atoms. The van der Waals surface area contributed by atoms with Gasteiger partial charge in [-0.25, -0.2) is 0 Å². The highest BCUT2D eigenvalue weighted by molar-refractivity contribution is 5.84. The summed E-state index contributed by atoms with van der Waals surface area (Å²) < 4.78 is 11.8. The summed E-state index contributed by atoms with van der Waals surface area (Å²) in [5, 5.41) is 21.0. The summed E-state index contributed by atoms with van der Waals surface area (Å²) in [6.45, 7) is 7.14. The second kappa shape index (κ2) is 39.1. The van der Waals surface area contributed by atoms with Crippen LogP contribution in [0, 0.1) is 0 Å². The van der Waals surface area contributed by atoms with Gasteiger partial charge in [0.25, 0.3) is 0 Å². The summed E-state index contributed by atoms with van der Waals surface area (Å²) in [7, 11) is 0. The van der Waals surface area contributed by atoms with E-state index in [4.69, 9.17) is 9.47 Å². The standard InChI is InChI=1S/C53H90N2O4/c1-3-5-7-9-11-13-15-17-19-21-23-25-27-29-31-33-42-58-50-38-36-48(52(56)44-50)46-54-40-35-41-55-47-49-37-39-51(45-53(49)57)59-43-34-32-30-28-26-24-22-20-18-16-14-12-10-8-6-4-2/h36-39,44-47,56-57H,3-35,40-43H2,1-2H3. The molecule has 0 aliphatic carbocycles. The number of aliphatic imine (C=N–C) groups is 2. The van der Waals surface area contributed by atoms with E-state index in [0.29, 0.717) is 48.9 Å². The van der Waals surface area contributed by atoms with Gasteiger partial charge in [-0.3, -0.25) is 9.98 Å². The van der Waals surface area contributed by atoms with Gasteiger partial charge in [0.05, 0.1) is 13.2 Å². The van der Waals surface area contributed by atoms with Crippen LogP contribution in [0.3, 0.4) is 0 Å². The van der Waals surface area contributed by atoms with E-state index in [2.05, 4.69) is 23.8 Å². The van der Waals surface area contributed by atoms with Crippen molar-refractivity contribution in [2.24, 2.45) is 9.98 Å². The molecule has 2 aromatic rings. The Hall–Kier alpha value is -3.02. The molecule has 0 spiro atoms. The van der Waals surface area contributed by atoms with E-state index in [1.807, 2.05) is 24.3 Å². The molecule has 6 nitrogen and oxygen atoms in total. The SMILES string of the molecule is CCCCCCCCCCCCCCCCCCOc1ccc(C=NCCCN=Cc2ccc(OCCCCCCCCCCCCCCCCCC)cc2O)c(O)c1. The molecule has 0 aliphatic heterocycles. The van der Waals surface area contributed by atoms with Crippen LogP contribution in [0.25, 0.3) is 0 Å². The molecule has 6 heteroatoms. The van der Waals surface area contributed by atoms with E-state index in [1.54, 1.807) is 24.6 Å². The molecule has 59 heavy (non-hydrogen) atoms. The number of hydrogen-bond acceptors (Lipinski definition) is 6. The zero-order chi connectivity index (χ0) is 42.1. The van der Waals surface area contributed by atoms with E-state index in [1.165, 1.54) is 193 Å². The first-order valence-corrected chi connectivity index (χ1v) is 25.0. The molecule has 336 valence electrons. The predicted molar refractivity (Wildman–Crippen MR) is 256 cm³/mol. The predicted octanol–water partition coefficient (Wildman–Crippen LogP) is 16.3. The van der Waals surface area contributed by atoms with Crippen LogP contribution >= 0.6 is 0 Å². The number of hydrogen-bond donors (Lipinski definition) is 2. The van der Waals surface area contributed by atoms with Crippen molar-refractivity contribution in [1.82, 2.24) is 0 Å². The molecule has 0 saturated carbocycles. The Morgan fingerprint density at radius 3 is 0.915 bits per heavy atom. The number of aromatic hydroxyl groups is 2. The molecular formula is C53H90N2O4. The van der Waals surface area contributed by atoms with Crippen molar-refractivity contribution >= 4 is 12.4 Å². The fourth-order valence-electron chi connectivity index (χ4n) is 7.70. The van der Waals surface area contributed by atoms with Crippen LogP contribution in [-0.2, 0) is 0 Å². The number of phenols is 2. The van der Waals surface area contributed by atoms with E-state index in [9.17, 15) is 10.2 Å². The van der Waals surface area contributed by atoms with Crippen molar-refractivity contribution in [3.63, 3.8) is 0 Å². The normalized spacial score (nSPS) is 11.7. The molecule has 0 fully saturated rings. The lowest BCUT2D eigenvalue weighted by molar-refractivity contribution is 0.302. The van der Waals surface area contributed by atoms with Crippen LogP contribution in [0.2, 0.25) is 0 Å². The monoisotopic (exact) mass is 819 g/mol. The number of unbranched alkanes of at least 4 members (excludes halogenated alkanes) is 30. The zero-order valence-corrected chi connectivity index (χ0v) is 38.4. The Labute approximate surface area is 363 Å². The summed E-state index contributed by atoms with van der Waals surface area (Å²) in [4.78, 5) is 8.95. The van der Waals surface area contributed by atoms with Crippen LogP contribution in [0.1, 0.15) is 237 Å². The third-order valence-electron chi connectivity index (χ3n) is 11.6. The van der Waals surface area contributed by atoms with Crippen LogP contribution in [0.4, 0.5) is 0 Å². The van der Waals surface area contributed by atoms with Gasteiger partial charge in [-0.2, -0.15) is 0 Å². The maximum absolute atomic E-state index is 10.5. The molecule has 0 aliphatic rings. The molecule has 2 N–H and O–H groups in total. The first kappa shape index (κ1) is 52.1. The molecule has 0 radical (unpaired) electrons. The van der Waals surface area contributed by atoms with Crippen LogP contribution in [0.5, 0.6) is 23.0 Å². The highest BCUT2D eigenvalue weighted by Gasteiger charge is 2.04. The van der Waals surface area contributed by atoms with Crippen LogP contribution < -0.4 is 9.47 Å². The number of rotatable bonds is 42. The molecule has 0 aromatic heterocycles. The van der Waals surface area contributed by atoms with E-state index >= 15 is 0 Å². The van der Waals surface area contributed by atoms with Crippen molar-refractivity contribution in [2.45, 2.75) is 226 Å². The topological polar surface area (TPSA) is 83.6 Å². The highest BCUT2D eigenvalue weighted by Crippen LogP contribution is 2.24. The molecule has 0 heterocycles. The minimum atomic E-state index is 0.184. The second-order valence-corrected chi connectivity index (χ2v) is 17.2.